The van der Waals surface area contributed by atoms with Gasteiger partial charge in [-0.25, -0.2) is 0 Å². The van der Waals surface area contributed by atoms with Crippen molar-refractivity contribution in [2.75, 3.05) is 27.4 Å². The minimum atomic E-state index is 0.385. The normalized spacial score (nSPS) is 14.3. The lowest BCUT2D eigenvalue weighted by Gasteiger charge is -2.23. The van der Waals surface area contributed by atoms with Crippen LogP contribution in [0.25, 0.3) is 0 Å². The molecule has 18 heavy (non-hydrogen) atoms. The number of benzene rings is 1. The predicted octanol–water partition coefficient (Wildman–Crippen LogP) is 2.73. The molecule has 1 N–H and O–H groups in total. The van der Waals surface area contributed by atoms with Gasteiger partial charge in [-0.15, -0.1) is 0 Å². The van der Waals surface area contributed by atoms with Gasteiger partial charge in [0, 0.05) is 19.7 Å². The van der Waals surface area contributed by atoms with Gasteiger partial charge in [0.2, 0.25) is 0 Å². The standard InChI is InChI=1S/C15H25NO2/c1-11-6-7-15(18-5)14(10-11)12(2)13(3)16-8-9-17-4/h6-7,10,12-13,16H,8-9H2,1-5H3. The van der Waals surface area contributed by atoms with E-state index < -0.39 is 0 Å². The lowest BCUT2D eigenvalue weighted by Crippen LogP contribution is -2.33. The molecule has 0 saturated heterocycles. The van der Waals surface area contributed by atoms with Crippen molar-refractivity contribution < 1.29 is 9.47 Å². The van der Waals surface area contributed by atoms with E-state index in [1.807, 2.05) is 6.07 Å². The molecule has 0 radical (unpaired) electrons. The van der Waals surface area contributed by atoms with E-state index in [-0.39, 0.29) is 0 Å². The molecule has 1 aromatic carbocycles. The zero-order valence-corrected chi connectivity index (χ0v) is 12.1. The molecule has 3 nitrogen and oxygen atoms in total. The highest BCUT2D eigenvalue weighted by atomic mass is 16.5. The SMILES string of the molecule is COCCNC(C)C(C)c1cc(C)ccc1OC. The molecule has 0 spiro atoms. The van der Waals surface area contributed by atoms with Gasteiger partial charge in [-0.2, -0.15) is 0 Å². The summed E-state index contributed by atoms with van der Waals surface area (Å²) in [5, 5.41) is 3.47. The minimum absolute atomic E-state index is 0.385. The van der Waals surface area contributed by atoms with Crippen LogP contribution in [0.5, 0.6) is 5.75 Å². The molecular weight excluding hydrogens is 226 g/mol. The Morgan fingerprint density at radius 1 is 1.22 bits per heavy atom. The van der Waals surface area contributed by atoms with Gasteiger partial charge >= 0.3 is 0 Å². The second kappa shape index (κ2) is 7.39. The van der Waals surface area contributed by atoms with Gasteiger partial charge in [0.25, 0.3) is 0 Å². The number of ether oxygens (including phenoxy) is 2. The lowest BCUT2D eigenvalue weighted by molar-refractivity contribution is 0.195. The molecule has 0 aliphatic carbocycles. The Bertz CT molecular complexity index is 366. The van der Waals surface area contributed by atoms with E-state index in [0.717, 1.165) is 18.9 Å². The zero-order chi connectivity index (χ0) is 13.5. The van der Waals surface area contributed by atoms with E-state index in [4.69, 9.17) is 9.47 Å². The molecule has 1 aromatic rings. The number of methoxy groups -OCH3 is 2. The second-order valence-corrected chi connectivity index (χ2v) is 4.77. The fraction of sp³-hybridized carbons (Fsp3) is 0.600. The molecule has 0 fully saturated rings. The highest BCUT2D eigenvalue weighted by Crippen LogP contribution is 2.29. The molecule has 0 aliphatic rings. The summed E-state index contributed by atoms with van der Waals surface area (Å²) in [7, 11) is 3.45. The smallest absolute Gasteiger partial charge is 0.122 e. The maximum absolute atomic E-state index is 5.44. The summed E-state index contributed by atoms with van der Waals surface area (Å²) in [6, 6.07) is 6.72. The Morgan fingerprint density at radius 3 is 2.56 bits per heavy atom. The molecule has 102 valence electrons. The van der Waals surface area contributed by atoms with Gasteiger partial charge < -0.3 is 14.8 Å². The molecule has 0 aromatic heterocycles. The summed E-state index contributed by atoms with van der Waals surface area (Å²) >= 11 is 0. The molecule has 0 bridgehead atoms. The number of nitrogens with one attached hydrogen (secondary N) is 1. The van der Waals surface area contributed by atoms with Gasteiger partial charge in [-0.05, 0) is 31.4 Å². The van der Waals surface area contributed by atoms with Crippen LogP contribution in [0.3, 0.4) is 0 Å². The first-order valence-corrected chi connectivity index (χ1v) is 6.47. The molecule has 0 heterocycles. The van der Waals surface area contributed by atoms with Crippen LogP contribution in [0, 0.1) is 6.92 Å². The van der Waals surface area contributed by atoms with Crippen molar-refractivity contribution in [1.29, 1.82) is 0 Å². The molecule has 0 amide bonds. The van der Waals surface area contributed by atoms with Crippen molar-refractivity contribution in [3.63, 3.8) is 0 Å². The Morgan fingerprint density at radius 2 is 1.94 bits per heavy atom. The van der Waals surface area contributed by atoms with Crippen LogP contribution in [0.2, 0.25) is 0 Å². The fourth-order valence-electron chi connectivity index (χ4n) is 2.04. The summed E-state index contributed by atoms with van der Waals surface area (Å²) in [5.41, 5.74) is 2.52. The van der Waals surface area contributed by atoms with Crippen molar-refractivity contribution in [1.82, 2.24) is 5.32 Å². The van der Waals surface area contributed by atoms with Gasteiger partial charge in [-0.3, -0.25) is 0 Å². The maximum atomic E-state index is 5.44. The average molecular weight is 251 g/mol. The first-order chi connectivity index (χ1) is 8.60. The monoisotopic (exact) mass is 251 g/mol. The Kier molecular flexibility index (Phi) is 6.16. The zero-order valence-electron chi connectivity index (χ0n) is 12.1. The lowest BCUT2D eigenvalue weighted by atomic mass is 9.92. The first kappa shape index (κ1) is 15.0. The molecule has 3 heteroatoms. The van der Waals surface area contributed by atoms with Crippen molar-refractivity contribution in [3.8, 4) is 5.75 Å². The van der Waals surface area contributed by atoms with Crippen molar-refractivity contribution >= 4 is 0 Å². The quantitative estimate of drug-likeness (QED) is 0.756. The Labute approximate surface area is 110 Å². The first-order valence-electron chi connectivity index (χ1n) is 6.47. The van der Waals surface area contributed by atoms with Crippen LogP contribution < -0.4 is 10.1 Å². The third kappa shape index (κ3) is 4.00. The van der Waals surface area contributed by atoms with Gasteiger partial charge in [0.15, 0.2) is 0 Å². The van der Waals surface area contributed by atoms with Crippen molar-refractivity contribution in [2.24, 2.45) is 0 Å². The number of hydrogen-bond donors (Lipinski definition) is 1. The van der Waals surface area contributed by atoms with Crippen LogP contribution in [-0.2, 0) is 4.74 Å². The highest BCUT2D eigenvalue weighted by Gasteiger charge is 2.17. The molecular formula is C15H25NO2. The van der Waals surface area contributed by atoms with Gasteiger partial charge in [0.05, 0.1) is 13.7 Å². The summed E-state index contributed by atoms with van der Waals surface area (Å²) in [4.78, 5) is 0. The van der Waals surface area contributed by atoms with E-state index in [2.05, 4.69) is 38.2 Å². The summed E-state index contributed by atoms with van der Waals surface area (Å²) in [5.74, 6) is 1.37. The molecule has 2 atom stereocenters. The summed E-state index contributed by atoms with van der Waals surface area (Å²) in [6.45, 7) is 8.14. The van der Waals surface area contributed by atoms with Crippen LogP contribution in [-0.4, -0.2) is 33.4 Å². The predicted molar refractivity (Wildman–Crippen MR) is 75.5 cm³/mol. The van der Waals surface area contributed by atoms with Crippen LogP contribution in [0.1, 0.15) is 30.9 Å². The Hall–Kier alpha value is -1.06. The summed E-state index contributed by atoms with van der Waals surface area (Å²) < 4.78 is 10.5. The molecule has 0 aliphatic heterocycles. The molecule has 0 saturated carbocycles. The van der Waals surface area contributed by atoms with E-state index in [1.54, 1.807) is 14.2 Å². The van der Waals surface area contributed by atoms with Gasteiger partial charge in [0.1, 0.15) is 5.75 Å². The average Bonchev–Trinajstić information content (AvgIpc) is 2.38. The highest BCUT2D eigenvalue weighted by molar-refractivity contribution is 5.39. The minimum Gasteiger partial charge on any atom is -0.496 e. The third-order valence-corrected chi connectivity index (χ3v) is 3.40. The number of rotatable bonds is 7. The maximum Gasteiger partial charge on any atom is 0.122 e. The largest absolute Gasteiger partial charge is 0.496 e. The van der Waals surface area contributed by atoms with E-state index in [1.165, 1.54) is 11.1 Å². The molecule has 1 rings (SSSR count). The second-order valence-electron chi connectivity index (χ2n) is 4.77. The molecule has 2 unspecified atom stereocenters. The number of aryl methyl sites for hydroxylation is 1. The summed E-state index contributed by atoms with van der Waals surface area (Å²) in [6.07, 6.45) is 0. The Balaban J connectivity index is 2.75. The van der Waals surface area contributed by atoms with Crippen molar-refractivity contribution in [3.05, 3.63) is 29.3 Å². The van der Waals surface area contributed by atoms with Crippen LogP contribution in [0.15, 0.2) is 18.2 Å². The van der Waals surface area contributed by atoms with Crippen LogP contribution >= 0.6 is 0 Å². The van der Waals surface area contributed by atoms with E-state index in [0.29, 0.717) is 12.0 Å². The topological polar surface area (TPSA) is 30.5 Å². The number of hydrogen-bond acceptors (Lipinski definition) is 3. The van der Waals surface area contributed by atoms with E-state index in [9.17, 15) is 0 Å². The van der Waals surface area contributed by atoms with Gasteiger partial charge in [-0.1, -0.05) is 24.6 Å². The fourth-order valence-corrected chi connectivity index (χ4v) is 2.04. The van der Waals surface area contributed by atoms with Crippen molar-refractivity contribution in [2.45, 2.75) is 32.7 Å². The third-order valence-electron chi connectivity index (χ3n) is 3.40. The van der Waals surface area contributed by atoms with Crippen LogP contribution in [0.4, 0.5) is 0 Å². The van der Waals surface area contributed by atoms with E-state index >= 15 is 0 Å².